The third-order valence-corrected chi connectivity index (χ3v) is 7.64. The molecular weight excluding hydrogens is 444 g/mol. The minimum absolute atomic E-state index is 0.0782. The molecule has 3 aromatic rings. The van der Waals surface area contributed by atoms with Crippen molar-refractivity contribution in [3.05, 3.63) is 82.5 Å². The molecule has 1 spiro atoms. The van der Waals surface area contributed by atoms with Crippen molar-refractivity contribution in [3.8, 4) is 0 Å². The van der Waals surface area contributed by atoms with Gasteiger partial charge in [-0.25, -0.2) is 0 Å². The quantitative estimate of drug-likeness (QED) is 0.610. The summed E-state index contributed by atoms with van der Waals surface area (Å²) < 4.78 is 11.3. The standard InChI is InChI=1S/C27H30N4O4/c1-17-20(18(2)35-30-17)16-23(32)31-14-11-27(12-15-31)21-9-5-4-8-19(21)24(25(27)34-3)29-26(33)22-10-6-7-13-28-22/h4-10,13,24-25H,11-12,14-16H2,1-3H3,(H,29,33)/t24-,25+/m1/s1. The van der Waals surface area contributed by atoms with Crippen LogP contribution in [0.25, 0.3) is 0 Å². The summed E-state index contributed by atoms with van der Waals surface area (Å²) in [5.41, 5.74) is 3.98. The Hall–Kier alpha value is -3.52. The van der Waals surface area contributed by atoms with E-state index in [4.69, 9.17) is 9.26 Å². The van der Waals surface area contributed by atoms with Gasteiger partial charge in [-0.15, -0.1) is 0 Å². The Labute approximate surface area is 204 Å². The maximum absolute atomic E-state index is 13.1. The van der Waals surface area contributed by atoms with Gasteiger partial charge in [0.2, 0.25) is 5.91 Å². The van der Waals surface area contributed by atoms with Crippen LogP contribution in [0.5, 0.6) is 0 Å². The van der Waals surface area contributed by atoms with E-state index in [2.05, 4.69) is 27.6 Å². The summed E-state index contributed by atoms with van der Waals surface area (Å²) in [6, 6.07) is 13.2. The highest BCUT2D eigenvalue weighted by atomic mass is 16.5. The summed E-state index contributed by atoms with van der Waals surface area (Å²) in [6.45, 7) is 4.95. The molecule has 182 valence electrons. The number of ether oxygens (including phenoxy) is 1. The fourth-order valence-electron chi connectivity index (χ4n) is 5.81. The first kappa shape index (κ1) is 23.2. The number of hydrogen-bond acceptors (Lipinski definition) is 6. The number of piperidine rings is 1. The lowest BCUT2D eigenvalue weighted by molar-refractivity contribution is -0.133. The first-order valence-corrected chi connectivity index (χ1v) is 12.0. The van der Waals surface area contributed by atoms with Gasteiger partial charge in [0.15, 0.2) is 0 Å². The van der Waals surface area contributed by atoms with E-state index in [-0.39, 0.29) is 29.4 Å². The smallest absolute Gasteiger partial charge is 0.270 e. The highest BCUT2D eigenvalue weighted by Crippen LogP contribution is 2.52. The number of carbonyl (C=O) groups excluding carboxylic acids is 2. The SMILES string of the molecule is CO[C@H]1[C@H](NC(=O)c2ccccn2)c2ccccc2C12CCN(C(=O)Cc1c(C)noc1C)CC2. The Morgan fingerprint density at radius 3 is 2.54 bits per heavy atom. The van der Waals surface area contributed by atoms with Crippen molar-refractivity contribution in [2.75, 3.05) is 20.2 Å². The fourth-order valence-corrected chi connectivity index (χ4v) is 5.81. The van der Waals surface area contributed by atoms with Crippen molar-refractivity contribution in [2.45, 2.75) is 50.7 Å². The Balaban J connectivity index is 1.37. The van der Waals surface area contributed by atoms with E-state index in [1.807, 2.05) is 30.9 Å². The molecule has 1 saturated heterocycles. The third kappa shape index (κ3) is 4.01. The monoisotopic (exact) mass is 474 g/mol. The second-order valence-corrected chi connectivity index (χ2v) is 9.43. The lowest BCUT2D eigenvalue weighted by Crippen LogP contribution is -2.52. The van der Waals surface area contributed by atoms with E-state index in [1.165, 1.54) is 5.56 Å². The molecule has 1 aliphatic carbocycles. The molecular formula is C27H30N4O4. The van der Waals surface area contributed by atoms with Gasteiger partial charge in [0.25, 0.3) is 5.91 Å². The van der Waals surface area contributed by atoms with Crippen LogP contribution < -0.4 is 5.32 Å². The van der Waals surface area contributed by atoms with E-state index >= 15 is 0 Å². The van der Waals surface area contributed by atoms with Crippen LogP contribution in [-0.2, 0) is 21.4 Å². The number of carbonyl (C=O) groups is 2. The van der Waals surface area contributed by atoms with Gasteiger partial charge >= 0.3 is 0 Å². The van der Waals surface area contributed by atoms with Gasteiger partial charge in [-0.1, -0.05) is 35.5 Å². The third-order valence-electron chi connectivity index (χ3n) is 7.64. The zero-order valence-electron chi connectivity index (χ0n) is 20.3. The highest BCUT2D eigenvalue weighted by Gasteiger charge is 2.54. The number of methoxy groups -OCH3 is 1. The van der Waals surface area contributed by atoms with E-state index in [0.717, 1.165) is 29.7 Å². The summed E-state index contributed by atoms with van der Waals surface area (Å²) in [5.74, 6) is 0.547. The number of hydrogen-bond donors (Lipinski definition) is 1. The average molecular weight is 475 g/mol. The summed E-state index contributed by atoms with van der Waals surface area (Å²) in [4.78, 5) is 32.2. The van der Waals surface area contributed by atoms with Crippen molar-refractivity contribution in [2.24, 2.45) is 0 Å². The lowest BCUT2D eigenvalue weighted by atomic mass is 9.71. The molecule has 8 heteroatoms. The van der Waals surface area contributed by atoms with Gasteiger partial charge in [0, 0.05) is 37.4 Å². The zero-order valence-corrected chi connectivity index (χ0v) is 20.3. The van der Waals surface area contributed by atoms with Crippen LogP contribution in [0.4, 0.5) is 0 Å². The van der Waals surface area contributed by atoms with Crippen LogP contribution in [0, 0.1) is 13.8 Å². The molecule has 35 heavy (non-hydrogen) atoms. The Morgan fingerprint density at radius 1 is 1.14 bits per heavy atom. The number of nitrogens with zero attached hydrogens (tertiary/aromatic N) is 3. The highest BCUT2D eigenvalue weighted by molar-refractivity contribution is 5.92. The number of nitrogens with one attached hydrogen (secondary N) is 1. The predicted molar refractivity (Wildman–Crippen MR) is 129 cm³/mol. The second-order valence-electron chi connectivity index (χ2n) is 9.43. The van der Waals surface area contributed by atoms with E-state index in [1.54, 1.807) is 31.5 Å². The molecule has 1 fully saturated rings. The number of rotatable bonds is 5. The van der Waals surface area contributed by atoms with Gasteiger partial charge < -0.3 is 19.5 Å². The van der Waals surface area contributed by atoms with Gasteiger partial charge in [-0.3, -0.25) is 14.6 Å². The topological polar surface area (TPSA) is 97.6 Å². The molecule has 1 N–H and O–H groups in total. The molecule has 5 rings (SSSR count). The van der Waals surface area contributed by atoms with Gasteiger partial charge in [0.05, 0.1) is 24.3 Å². The number of aryl methyl sites for hydroxylation is 2. The summed E-state index contributed by atoms with van der Waals surface area (Å²) in [5, 5.41) is 7.15. The molecule has 2 aromatic heterocycles. The van der Waals surface area contributed by atoms with Gasteiger partial charge in [0.1, 0.15) is 11.5 Å². The predicted octanol–water partition coefficient (Wildman–Crippen LogP) is 3.29. The maximum atomic E-state index is 13.1. The van der Waals surface area contributed by atoms with Crippen LogP contribution in [0.15, 0.2) is 53.2 Å². The van der Waals surface area contributed by atoms with E-state index < -0.39 is 0 Å². The minimum Gasteiger partial charge on any atom is -0.378 e. The number of pyridine rings is 1. The van der Waals surface area contributed by atoms with Crippen LogP contribution in [0.2, 0.25) is 0 Å². The minimum atomic E-state index is -0.296. The molecule has 2 amide bonds. The Kier molecular flexibility index (Phi) is 6.15. The van der Waals surface area contributed by atoms with Gasteiger partial charge in [-0.05, 0) is 49.9 Å². The van der Waals surface area contributed by atoms with Crippen molar-refractivity contribution in [1.82, 2.24) is 20.4 Å². The molecule has 0 radical (unpaired) electrons. The molecule has 0 saturated carbocycles. The Morgan fingerprint density at radius 2 is 1.89 bits per heavy atom. The molecule has 2 atom stereocenters. The number of amides is 2. The molecule has 8 nitrogen and oxygen atoms in total. The molecule has 1 aromatic carbocycles. The van der Waals surface area contributed by atoms with E-state index in [9.17, 15) is 9.59 Å². The van der Waals surface area contributed by atoms with Crippen LogP contribution >= 0.6 is 0 Å². The summed E-state index contributed by atoms with van der Waals surface area (Å²) in [6.07, 6.45) is 3.17. The van der Waals surface area contributed by atoms with Crippen LogP contribution in [-0.4, -0.2) is 53.2 Å². The number of likely N-dealkylation sites (tertiary alicyclic amines) is 1. The first-order valence-electron chi connectivity index (χ1n) is 12.0. The van der Waals surface area contributed by atoms with Crippen LogP contribution in [0.3, 0.4) is 0 Å². The first-order chi connectivity index (χ1) is 16.9. The number of aromatic nitrogens is 2. The van der Waals surface area contributed by atoms with Crippen LogP contribution in [0.1, 0.15) is 57.5 Å². The van der Waals surface area contributed by atoms with E-state index in [0.29, 0.717) is 31.0 Å². The fraction of sp³-hybridized carbons (Fsp3) is 0.407. The molecule has 3 heterocycles. The van der Waals surface area contributed by atoms with Gasteiger partial charge in [-0.2, -0.15) is 0 Å². The number of benzene rings is 1. The second kappa shape index (κ2) is 9.26. The maximum Gasteiger partial charge on any atom is 0.270 e. The molecule has 0 unspecified atom stereocenters. The molecule has 2 aliphatic rings. The largest absolute Gasteiger partial charge is 0.378 e. The number of fused-ring (bicyclic) bond motifs is 2. The lowest BCUT2D eigenvalue weighted by Gasteiger charge is -2.44. The van der Waals surface area contributed by atoms with Crippen molar-refractivity contribution in [3.63, 3.8) is 0 Å². The Bertz CT molecular complexity index is 1210. The van der Waals surface area contributed by atoms with Crippen molar-refractivity contribution >= 4 is 11.8 Å². The average Bonchev–Trinajstić information content (AvgIpc) is 3.33. The molecule has 1 aliphatic heterocycles. The van der Waals surface area contributed by atoms with Crippen molar-refractivity contribution < 1.29 is 18.8 Å². The summed E-state index contributed by atoms with van der Waals surface area (Å²) in [7, 11) is 1.70. The zero-order chi connectivity index (χ0) is 24.6. The molecule has 0 bridgehead atoms. The normalized spacial score (nSPS) is 20.6. The van der Waals surface area contributed by atoms with Crippen molar-refractivity contribution in [1.29, 1.82) is 0 Å². The summed E-state index contributed by atoms with van der Waals surface area (Å²) >= 11 is 0.